The summed E-state index contributed by atoms with van der Waals surface area (Å²) < 4.78 is 63.1. The molecule has 1 amide bonds. The summed E-state index contributed by atoms with van der Waals surface area (Å²) in [5.74, 6) is -2.91. The first-order chi connectivity index (χ1) is 11.0. The predicted octanol–water partition coefficient (Wildman–Crippen LogP) is 2.14. The molecule has 1 heterocycles. The summed E-state index contributed by atoms with van der Waals surface area (Å²) in [6, 6.07) is 4.21. The van der Waals surface area contributed by atoms with Crippen molar-refractivity contribution in [1.29, 1.82) is 0 Å². The minimum Gasteiger partial charge on any atom is -0.508 e. The molecule has 12 heteroatoms. The van der Waals surface area contributed by atoms with E-state index in [0.717, 1.165) is 0 Å². The Balaban J connectivity index is 2.20. The average molecular weight is 381 g/mol. The molecule has 2 aromatic rings. The van der Waals surface area contributed by atoms with E-state index in [4.69, 9.17) is 0 Å². The molecule has 7 nitrogen and oxygen atoms in total. The highest BCUT2D eigenvalue weighted by molar-refractivity contribution is 7.91. The van der Waals surface area contributed by atoms with Crippen LogP contribution in [0.3, 0.4) is 0 Å². The number of hydrogen-bond donors (Lipinski definition) is 2. The molecule has 130 valence electrons. The van der Waals surface area contributed by atoms with Gasteiger partial charge in [-0.2, -0.15) is 22.5 Å². The van der Waals surface area contributed by atoms with Crippen molar-refractivity contribution in [3.05, 3.63) is 29.3 Å². The fourth-order valence-electron chi connectivity index (χ4n) is 1.70. The van der Waals surface area contributed by atoms with Gasteiger partial charge in [-0.1, -0.05) is 6.07 Å². The lowest BCUT2D eigenvalue weighted by Crippen LogP contribution is -2.23. The number of amides is 1. The van der Waals surface area contributed by atoms with E-state index in [2.05, 4.69) is 14.7 Å². The second-order valence-corrected chi connectivity index (χ2v) is 7.30. The van der Waals surface area contributed by atoms with E-state index in [1.807, 2.05) is 0 Å². The smallest absolute Gasteiger partial charge is 0.403 e. The minimum absolute atomic E-state index is 0.102. The molecule has 0 aliphatic heterocycles. The van der Waals surface area contributed by atoms with Crippen LogP contribution in [0.4, 0.5) is 18.3 Å². The fourth-order valence-corrected chi connectivity index (χ4v) is 3.59. The number of carbonyl (C=O) groups is 1. The Labute approximate surface area is 138 Å². The molecule has 0 unspecified atom stereocenters. The Morgan fingerprint density at radius 2 is 2.04 bits per heavy atom. The van der Waals surface area contributed by atoms with Gasteiger partial charge in [-0.3, -0.25) is 10.1 Å². The third-order valence-corrected chi connectivity index (χ3v) is 5.00. The number of benzene rings is 1. The van der Waals surface area contributed by atoms with Gasteiger partial charge < -0.3 is 5.11 Å². The van der Waals surface area contributed by atoms with Gasteiger partial charge in [0, 0.05) is 22.7 Å². The van der Waals surface area contributed by atoms with Crippen molar-refractivity contribution < 1.29 is 31.5 Å². The van der Waals surface area contributed by atoms with Crippen LogP contribution in [0, 0.1) is 6.92 Å². The highest BCUT2D eigenvalue weighted by atomic mass is 32.2. The molecular formula is C12H10F3N3O4S2. The number of nitrogens with one attached hydrogen (secondary N) is 1. The Bertz CT molecular complexity index is 878. The first-order valence-corrected chi connectivity index (χ1v) is 8.65. The van der Waals surface area contributed by atoms with Crippen LogP contribution in [0.1, 0.15) is 15.9 Å². The van der Waals surface area contributed by atoms with E-state index in [1.54, 1.807) is 0 Å². The quantitative estimate of drug-likeness (QED) is 0.840. The molecular weight excluding hydrogens is 371 g/mol. The maximum Gasteiger partial charge on any atom is 0.403 e. The summed E-state index contributed by atoms with van der Waals surface area (Å²) in [5, 5.41) is 10.5. The molecule has 0 aliphatic carbocycles. The maximum atomic E-state index is 12.2. The fraction of sp³-hybridized carbons (Fsp3) is 0.250. The highest BCUT2D eigenvalue weighted by Crippen LogP contribution is 2.24. The molecule has 0 bridgehead atoms. The maximum absolute atomic E-state index is 12.2. The van der Waals surface area contributed by atoms with E-state index in [0.29, 0.717) is 11.5 Å². The van der Waals surface area contributed by atoms with Crippen molar-refractivity contribution >= 4 is 32.4 Å². The summed E-state index contributed by atoms with van der Waals surface area (Å²) >= 11 is 0.433. The second kappa shape index (κ2) is 6.36. The number of aromatic nitrogens is 2. The van der Waals surface area contributed by atoms with Crippen LogP contribution in [0.25, 0.3) is 0 Å². The highest BCUT2D eigenvalue weighted by Gasteiger charge is 2.38. The molecule has 24 heavy (non-hydrogen) atoms. The van der Waals surface area contributed by atoms with Crippen molar-refractivity contribution in [1.82, 2.24) is 9.36 Å². The van der Waals surface area contributed by atoms with Gasteiger partial charge in [0.15, 0.2) is 5.75 Å². The van der Waals surface area contributed by atoms with Crippen molar-refractivity contribution in [3.63, 3.8) is 0 Å². The van der Waals surface area contributed by atoms with Crippen LogP contribution in [-0.2, 0) is 9.84 Å². The molecule has 2 N–H and O–H groups in total. The van der Waals surface area contributed by atoms with Crippen LogP contribution in [-0.4, -0.2) is 40.7 Å². The molecule has 1 aromatic carbocycles. The number of sulfone groups is 1. The third-order valence-electron chi connectivity index (χ3n) is 2.81. The van der Waals surface area contributed by atoms with Gasteiger partial charge >= 0.3 is 6.18 Å². The molecule has 0 spiro atoms. The Morgan fingerprint density at radius 3 is 2.67 bits per heavy atom. The monoisotopic (exact) mass is 381 g/mol. The van der Waals surface area contributed by atoms with Gasteiger partial charge in [-0.25, -0.2) is 8.42 Å². The molecule has 0 fully saturated rings. The van der Waals surface area contributed by atoms with Gasteiger partial charge in [0.25, 0.3) is 11.1 Å². The number of anilines is 1. The number of nitrogens with zero attached hydrogens (tertiary/aromatic N) is 2. The minimum atomic E-state index is -4.92. The SMILES string of the molecule is Cc1c(O)cccc1C(=O)Nc1nc(S(=O)(=O)CC(F)(F)F)ns1. The average Bonchev–Trinajstić information content (AvgIpc) is 2.88. The largest absolute Gasteiger partial charge is 0.508 e. The predicted molar refractivity (Wildman–Crippen MR) is 78.8 cm³/mol. The first kappa shape index (κ1) is 18.1. The first-order valence-electron chi connectivity index (χ1n) is 6.23. The molecule has 0 saturated heterocycles. The lowest BCUT2D eigenvalue weighted by atomic mass is 10.1. The normalized spacial score (nSPS) is 12.2. The van der Waals surface area contributed by atoms with E-state index < -0.39 is 32.8 Å². The van der Waals surface area contributed by atoms with Crippen LogP contribution < -0.4 is 5.32 Å². The number of halogens is 3. The van der Waals surface area contributed by atoms with Crippen molar-refractivity contribution in [3.8, 4) is 5.75 Å². The number of rotatable bonds is 4. The van der Waals surface area contributed by atoms with Gasteiger partial charge in [0.05, 0.1) is 0 Å². The number of hydrogen-bond acceptors (Lipinski definition) is 7. The number of aromatic hydroxyl groups is 1. The van der Waals surface area contributed by atoms with E-state index in [-0.39, 0.29) is 22.0 Å². The zero-order valence-corrected chi connectivity index (χ0v) is 13.6. The van der Waals surface area contributed by atoms with Gasteiger partial charge in [-0.05, 0) is 19.1 Å². The molecule has 0 atom stereocenters. The summed E-state index contributed by atoms with van der Waals surface area (Å²) in [4.78, 5) is 15.5. The summed E-state index contributed by atoms with van der Waals surface area (Å²) in [6.45, 7) is 1.49. The van der Waals surface area contributed by atoms with Gasteiger partial charge in [0.2, 0.25) is 15.0 Å². The van der Waals surface area contributed by atoms with Gasteiger partial charge in [0.1, 0.15) is 5.75 Å². The Hall–Kier alpha value is -2.21. The standard InChI is InChI=1S/C12H10F3N3O4S2/c1-6-7(3-2-4-8(6)19)9(20)16-10-17-11(18-23-10)24(21,22)5-12(13,14)15/h2-4,19H,5H2,1H3,(H,16,17,18,20). The third kappa shape index (κ3) is 4.20. The lowest BCUT2D eigenvalue weighted by molar-refractivity contribution is -0.106. The van der Waals surface area contributed by atoms with Crippen molar-refractivity contribution in [2.75, 3.05) is 11.1 Å². The van der Waals surface area contributed by atoms with Crippen LogP contribution in [0.2, 0.25) is 0 Å². The number of phenols is 1. The summed E-state index contributed by atoms with van der Waals surface area (Å²) in [6.07, 6.45) is -4.92. The number of phenolic OH excluding ortho intramolecular Hbond substituents is 1. The summed E-state index contributed by atoms with van der Waals surface area (Å²) in [5.41, 5.74) is 0.384. The van der Waals surface area contributed by atoms with E-state index in [9.17, 15) is 31.5 Å². The number of alkyl halides is 3. The molecule has 0 radical (unpaired) electrons. The Kier molecular flexibility index (Phi) is 4.80. The van der Waals surface area contributed by atoms with Crippen LogP contribution in [0.5, 0.6) is 5.75 Å². The molecule has 0 saturated carbocycles. The lowest BCUT2D eigenvalue weighted by Gasteiger charge is -2.06. The Morgan fingerprint density at radius 1 is 1.38 bits per heavy atom. The second-order valence-electron chi connectivity index (χ2n) is 4.66. The van der Waals surface area contributed by atoms with Crippen molar-refractivity contribution in [2.24, 2.45) is 0 Å². The van der Waals surface area contributed by atoms with Crippen LogP contribution in [0.15, 0.2) is 23.4 Å². The molecule has 2 rings (SSSR count). The van der Waals surface area contributed by atoms with E-state index >= 15 is 0 Å². The zero-order valence-electron chi connectivity index (χ0n) is 12.0. The zero-order chi connectivity index (χ0) is 18.1. The van der Waals surface area contributed by atoms with Crippen LogP contribution >= 0.6 is 11.5 Å². The van der Waals surface area contributed by atoms with E-state index in [1.165, 1.54) is 25.1 Å². The topological polar surface area (TPSA) is 109 Å². The van der Waals surface area contributed by atoms with Gasteiger partial charge in [-0.15, -0.1) is 0 Å². The molecule has 0 aliphatic rings. The van der Waals surface area contributed by atoms with Crippen molar-refractivity contribution in [2.45, 2.75) is 18.3 Å². The molecule has 1 aromatic heterocycles. The number of carbonyl (C=O) groups excluding carboxylic acids is 1. The summed E-state index contributed by atoms with van der Waals surface area (Å²) in [7, 11) is -4.74.